The van der Waals surface area contributed by atoms with Crippen LogP contribution < -0.4 is 11.3 Å². The largest absolute Gasteiger partial charge is 0.322 e. The van der Waals surface area contributed by atoms with Gasteiger partial charge in [0.1, 0.15) is 11.6 Å². The van der Waals surface area contributed by atoms with E-state index in [0.29, 0.717) is 11.6 Å². The first-order valence-corrected chi connectivity index (χ1v) is 7.73. The van der Waals surface area contributed by atoms with Crippen LogP contribution in [0.4, 0.5) is 13.2 Å². The molecule has 1 heterocycles. The van der Waals surface area contributed by atoms with E-state index in [2.05, 4.69) is 4.98 Å². The van der Waals surface area contributed by atoms with Gasteiger partial charge in [-0.1, -0.05) is 17.7 Å². The van der Waals surface area contributed by atoms with Crippen molar-refractivity contribution in [3.8, 4) is 5.69 Å². The van der Waals surface area contributed by atoms with Crippen molar-refractivity contribution in [2.75, 3.05) is 0 Å². The highest BCUT2D eigenvalue weighted by molar-refractivity contribution is 6.35. The van der Waals surface area contributed by atoms with Crippen LogP contribution >= 0.6 is 11.6 Å². The van der Waals surface area contributed by atoms with Crippen LogP contribution in [0.3, 0.4) is 0 Å². The van der Waals surface area contributed by atoms with Crippen LogP contribution in [0.25, 0.3) is 16.6 Å². The number of nitrogens with zero attached hydrogens (tertiary/aromatic N) is 2. The molecule has 2 N–H and O–H groups in total. The fourth-order valence-corrected chi connectivity index (χ4v) is 2.86. The van der Waals surface area contributed by atoms with Gasteiger partial charge < -0.3 is 5.73 Å². The number of nitrogens with two attached hydrogens (primary N) is 1. The van der Waals surface area contributed by atoms with Crippen molar-refractivity contribution in [2.24, 2.45) is 5.73 Å². The summed E-state index contributed by atoms with van der Waals surface area (Å²) in [6, 6.07) is 6.76. The third kappa shape index (κ3) is 3.12. The zero-order valence-corrected chi connectivity index (χ0v) is 13.8. The average molecular weight is 368 g/mol. The van der Waals surface area contributed by atoms with Gasteiger partial charge in [0, 0.05) is 5.56 Å². The third-order valence-corrected chi connectivity index (χ3v) is 4.01. The minimum atomic E-state index is -2.89. The Balaban J connectivity index is 2.43. The van der Waals surface area contributed by atoms with Crippen molar-refractivity contribution in [1.82, 2.24) is 9.55 Å². The molecule has 0 saturated heterocycles. The molecule has 2 aromatic carbocycles. The maximum atomic E-state index is 13.8. The molecule has 8 heteroatoms. The van der Waals surface area contributed by atoms with Crippen molar-refractivity contribution >= 4 is 22.5 Å². The van der Waals surface area contributed by atoms with Crippen LogP contribution in [0.2, 0.25) is 5.02 Å². The fourth-order valence-electron chi connectivity index (χ4n) is 2.61. The normalized spacial score (nSPS) is 12.8. The molecule has 1 aromatic heterocycles. The summed E-state index contributed by atoms with van der Waals surface area (Å²) in [7, 11) is 0. The Hall–Kier alpha value is -2.38. The molecular formula is C17H13ClF3N3O. The molecule has 1 atom stereocenters. The van der Waals surface area contributed by atoms with Crippen LogP contribution in [0.5, 0.6) is 0 Å². The van der Waals surface area contributed by atoms with Crippen LogP contribution in [0.1, 0.15) is 30.8 Å². The van der Waals surface area contributed by atoms with E-state index < -0.39 is 29.4 Å². The Bertz CT molecular complexity index is 1020. The van der Waals surface area contributed by atoms with Gasteiger partial charge in [0.2, 0.25) is 0 Å². The predicted octanol–water partition coefficient (Wildman–Crippen LogP) is 4.14. The molecular weight excluding hydrogens is 355 g/mol. The van der Waals surface area contributed by atoms with Crippen LogP contribution in [-0.4, -0.2) is 9.55 Å². The Morgan fingerprint density at radius 1 is 1.24 bits per heavy atom. The van der Waals surface area contributed by atoms with E-state index in [0.717, 1.165) is 16.7 Å². The maximum Gasteiger partial charge on any atom is 0.267 e. The van der Waals surface area contributed by atoms with E-state index in [9.17, 15) is 18.0 Å². The van der Waals surface area contributed by atoms with Gasteiger partial charge in [-0.2, -0.15) is 0 Å². The highest BCUT2D eigenvalue weighted by Crippen LogP contribution is 2.26. The van der Waals surface area contributed by atoms with Crippen molar-refractivity contribution < 1.29 is 13.2 Å². The third-order valence-electron chi connectivity index (χ3n) is 3.69. The molecule has 0 saturated carbocycles. The highest BCUT2D eigenvalue weighted by Gasteiger charge is 2.19. The summed E-state index contributed by atoms with van der Waals surface area (Å²) in [5, 5.41) is 0.266. The van der Waals surface area contributed by atoms with E-state index in [1.165, 1.54) is 6.07 Å². The van der Waals surface area contributed by atoms with E-state index in [4.69, 9.17) is 17.3 Å². The molecule has 25 heavy (non-hydrogen) atoms. The molecule has 0 aliphatic rings. The number of hydrogen-bond donors (Lipinski definition) is 1. The average Bonchev–Trinajstić information content (AvgIpc) is 2.53. The van der Waals surface area contributed by atoms with Crippen LogP contribution in [-0.2, 0) is 0 Å². The number of hydrogen-bond acceptors (Lipinski definition) is 3. The van der Waals surface area contributed by atoms with Crippen LogP contribution in [0, 0.1) is 5.82 Å². The van der Waals surface area contributed by atoms with Crippen molar-refractivity contribution in [3.05, 3.63) is 69.0 Å². The molecule has 0 aliphatic carbocycles. The van der Waals surface area contributed by atoms with Gasteiger partial charge in [0.05, 0.1) is 27.7 Å². The molecule has 0 bridgehead atoms. The topological polar surface area (TPSA) is 60.9 Å². The fraction of sp³-hybridized carbons (Fsp3) is 0.176. The van der Waals surface area contributed by atoms with Gasteiger partial charge in [-0.05, 0) is 37.3 Å². The number of rotatable bonds is 3. The van der Waals surface area contributed by atoms with Gasteiger partial charge in [0.15, 0.2) is 0 Å². The maximum absolute atomic E-state index is 13.8. The zero-order valence-electron chi connectivity index (χ0n) is 13.0. The smallest absolute Gasteiger partial charge is 0.267 e. The Morgan fingerprint density at radius 3 is 2.60 bits per heavy atom. The second-order valence-corrected chi connectivity index (χ2v) is 5.98. The van der Waals surface area contributed by atoms with E-state index in [-0.39, 0.29) is 21.9 Å². The van der Waals surface area contributed by atoms with Gasteiger partial charge >= 0.3 is 0 Å². The predicted molar refractivity (Wildman–Crippen MR) is 89.9 cm³/mol. The van der Waals surface area contributed by atoms with Gasteiger partial charge in [0.25, 0.3) is 12.0 Å². The molecule has 0 aliphatic heterocycles. The highest BCUT2D eigenvalue weighted by atomic mass is 35.5. The molecule has 0 radical (unpaired) electrons. The van der Waals surface area contributed by atoms with Crippen LogP contribution in [0.15, 0.2) is 41.2 Å². The standard InChI is InChI=1S/C17H13ClF3N3O/c1-8(22)16-23-13-4-2-3-12(18)14(13)17(25)24(16)11-6-9(15(20)21)5-10(19)7-11/h2-8,15H,22H2,1H3/t8-/m0/s1. The lowest BCUT2D eigenvalue weighted by Gasteiger charge is -2.17. The minimum absolute atomic E-state index is 0.0816. The summed E-state index contributed by atoms with van der Waals surface area (Å²) < 4.78 is 40.8. The number of benzene rings is 2. The van der Waals surface area contributed by atoms with E-state index >= 15 is 0 Å². The molecule has 130 valence electrons. The summed E-state index contributed by atoms with van der Waals surface area (Å²) in [4.78, 5) is 17.3. The lowest BCUT2D eigenvalue weighted by Crippen LogP contribution is -2.27. The molecule has 3 rings (SSSR count). The Labute approximate surface area is 145 Å². The quantitative estimate of drug-likeness (QED) is 0.757. The Morgan fingerprint density at radius 2 is 1.96 bits per heavy atom. The molecule has 0 unspecified atom stereocenters. The van der Waals surface area contributed by atoms with Crippen molar-refractivity contribution in [3.63, 3.8) is 0 Å². The molecule has 0 amide bonds. The minimum Gasteiger partial charge on any atom is -0.322 e. The zero-order chi connectivity index (χ0) is 18.3. The first-order chi connectivity index (χ1) is 11.8. The number of aromatic nitrogens is 2. The van der Waals surface area contributed by atoms with Crippen molar-refractivity contribution in [1.29, 1.82) is 0 Å². The first-order valence-electron chi connectivity index (χ1n) is 7.35. The number of halogens is 4. The summed E-state index contributed by atoms with van der Waals surface area (Å²) in [6.07, 6.45) is -2.89. The lowest BCUT2D eigenvalue weighted by atomic mass is 10.1. The summed E-state index contributed by atoms with van der Waals surface area (Å²) in [6.45, 7) is 1.59. The molecule has 0 spiro atoms. The monoisotopic (exact) mass is 367 g/mol. The molecule has 0 fully saturated rings. The van der Waals surface area contributed by atoms with E-state index in [1.807, 2.05) is 0 Å². The summed E-state index contributed by atoms with van der Waals surface area (Å²) in [5.41, 5.74) is 4.98. The van der Waals surface area contributed by atoms with Gasteiger partial charge in [-0.3, -0.25) is 9.36 Å². The lowest BCUT2D eigenvalue weighted by molar-refractivity contribution is 0.151. The SMILES string of the molecule is C[C@H](N)c1nc2cccc(Cl)c2c(=O)n1-c1cc(F)cc(C(F)F)c1. The second kappa shape index (κ2) is 6.50. The molecule has 4 nitrogen and oxygen atoms in total. The van der Waals surface area contributed by atoms with Crippen molar-refractivity contribution in [2.45, 2.75) is 19.4 Å². The summed E-state index contributed by atoms with van der Waals surface area (Å²) >= 11 is 6.09. The molecule has 3 aromatic rings. The summed E-state index contributed by atoms with van der Waals surface area (Å²) in [5.74, 6) is -0.778. The van der Waals surface area contributed by atoms with E-state index in [1.54, 1.807) is 19.1 Å². The van der Waals surface area contributed by atoms with Gasteiger partial charge in [-0.25, -0.2) is 18.2 Å². The first kappa shape index (κ1) is 17.4. The second-order valence-electron chi connectivity index (χ2n) is 5.58. The Kier molecular flexibility index (Phi) is 4.53. The number of fused-ring (bicyclic) bond motifs is 1. The van der Waals surface area contributed by atoms with Gasteiger partial charge in [-0.15, -0.1) is 0 Å². The number of alkyl halides is 2.